The van der Waals surface area contributed by atoms with Crippen LogP contribution in [-0.2, 0) is 14.3 Å². The second-order valence-corrected chi connectivity index (χ2v) is 3.10. The molecule has 0 N–H and O–H groups in total. The summed E-state index contributed by atoms with van der Waals surface area (Å²) in [6, 6.07) is 1.76. The van der Waals surface area contributed by atoms with Crippen molar-refractivity contribution in [2.24, 2.45) is 5.41 Å². The molecule has 0 aromatic rings. The first kappa shape index (κ1) is 9.01. The smallest absolute Gasteiger partial charge is 0.315 e. The fraction of sp³-hybridized carbons (Fsp3) is 0.750. The zero-order valence-electron chi connectivity index (χ0n) is 7.00. The van der Waals surface area contributed by atoms with Gasteiger partial charge >= 0.3 is 5.97 Å². The molecule has 1 unspecified atom stereocenters. The van der Waals surface area contributed by atoms with Crippen molar-refractivity contribution in [3.05, 3.63) is 0 Å². The third kappa shape index (κ3) is 1.74. The molecule has 0 aromatic carbocycles. The Morgan fingerprint density at radius 2 is 2.58 bits per heavy atom. The van der Waals surface area contributed by atoms with Crippen LogP contribution in [0.15, 0.2) is 0 Å². The minimum atomic E-state index is -0.531. The molecule has 66 valence electrons. The third-order valence-electron chi connectivity index (χ3n) is 1.98. The predicted molar refractivity (Wildman–Crippen MR) is 40.1 cm³/mol. The van der Waals surface area contributed by atoms with E-state index in [4.69, 9.17) is 14.7 Å². The van der Waals surface area contributed by atoms with E-state index in [0.717, 1.165) is 0 Å². The van der Waals surface area contributed by atoms with Crippen LogP contribution in [0.3, 0.4) is 0 Å². The predicted octanol–water partition coefficient (Wildman–Crippen LogP) is 0.480. The van der Waals surface area contributed by atoms with E-state index in [0.29, 0.717) is 19.6 Å². The van der Waals surface area contributed by atoms with E-state index < -0.39 is 5.41 Å². The number of nitrogens with zero attached hydrogens (tertiary/aromatic N) is 1. The van der Waals surface area contributed by atoms with Gasteiger partial charge in [0, 0.05) is 6.61 Å². The Morgan fingerprint density at radius 1 is 1.83 bits per heavy atom. The van der Waals surface area contributed by atoms with E-state index in [1.54, 1.807) is 13.0 Å². The lowest BCUT2D eigenvalue weighted by Crippen LogP contribution is -2.30. The van der Waals surface area contributed by atoms with Gasteiger partial charge in [-0.15, -0.1) is 0 Å². The highest BCUT2D eigenvalue weighted by Gasteiger charge is 2.38. The molecular weight excluding hydrogens is 158 g/mol. The Morgan fingerprint density at radius 3 is 3.08 bits per heavy atom. The molecule has 0 aliphatic carbocycles. The summed E-state index contributed by atoms with van der Waals surface area (Å²) in [5.41, 5.74) is -0.531. The summed E-state index contributed by atoms with van der Waals surface area (Å²) in [5, 5.41) is 8.18. The maximum atomic E-state index is 11.3. The number of carbonyl (C=O) groups excluding carboxylic acids is 1. The van der Waals surface area contributed by atoms with Gasteiger partial charge in [-0.2, -0.15) is 5.26 Å². The normalized spacial score (nSPS) is 28.0. The number of nitriles is 1. The lowest BCUT2D eigenvalue weighted by molar-refractivity contribution is -0.153. The fourth-order valence-electron chi connectivity index (χ4n) is 1.10. The number of carbonyl (C=O) groups is 1. The molecule has 0 radical (unpaired) electrons. The van der Waals surface area contributed by atoms with E-state index >= 15 is 0 Å². The number of hydrogen-bond donors (Lipinski definition) is 0. The van der Waals surface area contributed by atoms with Gasteiger partial charge in [0.25, 0.3) is 0 Å². The number of hydrogen-bond acceptors (Lipinski definition) is 4. The van der Waals surface area contributed by atoms with Gasteiger partial charge in [0.15, 0.2) is 6.61 Å². The first-order chi connectivity index (χ1) is 5.69. The molecule has 0 aromatic heterocycles. The SMILES string of the molecule is CC1(C(=O)OCC#N)CCOC1. The topological polar surface area (TPSA) is 59.3 Å². The Balaban J connectivity index is 2.45. The van der Waals surface area contributed by atoms with Gasteiger partial charge in [0.1, 0.15) is 6.07 Å². The lowest BCUT2D eigenvalue weighted by Gasteiger charge is -2.17. The Labute approximate surface area is 71.1 Å². The van der Waals surface area contributed by atoms with Crippen molar-refractivity contribution in [1.29, 1.82) is 5.26 Å². The summed E-state index contributed by atoms with van der Waals surface area (Å²) in [5.74, 6) is -0.332. The maximum Gasteiger partial charge on any atom is 0.315 e. The van der Waals surface area contributed by atoms with Crippen LogP contribution in [0, 0.1) is 16.7 Å². The van der Waals surface area contributed by atoms with Crippen molar-refractivity contribution in [2.45, 2.75) is 13.3 Å². The summed E-state index contributed by atoms with van der Waals surface area (Å²) in [6.07, 6.45) is 0.678. The van der Waals surface area contributed by atoms with Gasteiger partial charge in [-0.1, -0.05) is 0 Å². The molecule has 0 spiro atoms. The number of ether oxygens (including phenoxy) is 2. The molecule has 1 atom stereocenters. The monoisotopic (exact) mass is 169 g/mol. The molecule has 4 nitrogen and oxygen atoms in total. The quantitative estimate of drug-likeness (QED) is 0.564. The molecule has 1 fully saturated rings. The number of rotatable bonds is 2. The van der Waals surface area contributed by atoms with E-state index in [9.17, 15) is 4.79 Å². The molecule has 1 aliphatic rings. The average Bonchev–Trinajstić information content (AvgIpc) is 2.49. The van der Waals surface area contributed by atoms with Gasteiger partial charge in [0.2, 0.25) is 0 Å². The van der Waals surface area contributed by atoms with Crippen LogP contribution in [0.2, 0.25) is 0 Å². The van der Waals surface area contributed by atoms with E-state index in [-0.39, 0.29) is 12.6 Å². The van der Waals surface area contributed by atoms with Crippen molar-refractivity contribution in [3.8, 4) is 6.07 Å². The van der Waals surface area contributed by atoms with Crippen LogP contribution in [0.25, 0.3) is 0 Å². The summed E-state index contributed by atoms with van der Waals surface area (Å²) in [6.45, 7) is 2.61. The van der Waals surface area contributed by atoms with Crippen LogP contribution < -0.4 is 0 Å². The van der Waals surface area contributed by atoms with E-state index in [1.165, 1.54) is 0 Å². The van der Waals surface area contributed by atoms with Gasteiger partial charge in [0.05, 0.1) is 12.0 Å². The van der Waals surface area contributed by atoms with Crippen LogP contribution in [0.1, 0.15) is 13.3 Å². The first-order valence-electron chi connectivity index (χ1n) is 3.81. The van der Waals surface area contributed by atoms with Gasteiger partial charge in [-0.25, -0.2) is 0 Å². The second kappa shape index (κ2) is 3.55. The molecule has 0 saturated carbocycles. The summed E-state index contributed by atoms with van der Waals surface area (Å²) in [7, 11) is 0. The molecule has 0 bridgehead atoms. The van der Waals surface area contributed by atoms with Crippen LogP contribution in [-0.4, -0.2) is 25.8 Å². The van der Waals surface area contributed by atoms with Gasteiger partial charge < -0.3 is 9.47 Å². The second-order valence-electron chi connectivity index (χ2n) is 3.10. The Bertz CT molecular complexity index is 213. The average molecular weight is 169 g/mol. The van der Waals surface area contributed by atoms with Crippen molar-refractivity contribution in [3.63, 3.8) is 0 Å². The van der Waals surface area contributed by atoms with Gasteiger partial charge in [-0.3, -0.25) is 4.79 Å². The minimum absolute atomic E-state index is 0.172. The molecular formula is C8H11NO3. The first-order valence-corrected chi connectivity index (χ1v) is 3.81. The number of esters is 1. The van der Waals surface area contributed by atoms with Gasteiger partial charge in [-0.05, 0) is 13.3 Å². The molecule has 1 saturated heterocycles. The Kier molecular flexibility index (Phi) is 2.66. The van der Waals surface area contributed by atoms with Crippen LogP contribution in [0.4, 0.5) is 0 Å². The van der Waals surface area contributed by atoms with E-state index in [1.807, 2.05) is 0 Å². The summed E-state index contributed by atoms with van der Waals surface area (Å²) >= 11 is 0. The largest absolute Gasteiger partial charge is 0.450 e. The molecule has 1 aliphatic heterocycles. The van der Waals surface area contributed by atoms with Crippen molar-refractivity contribution in [2.75, 3.05) is 19.8 Å². The molecule has 1 heterocycles. The minimum Gasteiger partial charge on any atom is -0.450 e. The molecule has 1 rings (SSSR count). The highest BCUT2D eigenvalue weighted by molar-refractivity contribution is 5.77. The fourth-order valence-corrected chi connectivity index (χ4v) is 1.10. The summed E-state index contributed by atoms with van der Waals surface area (Å²) < 4.78 is 9.78. The molecule has 4 heteroatoms. The lowest BCUT2D eigenvalue weighted by atomic mass is 9.90. The highest BCUT2D eigenvalue weighted by atomic mass is 16.5. The van der Waals surface area contributed by atoms with Crippen molar-refractivity contribution >= 4 is 5.97 Å². The van der Waals surface area contributed by atoms with Crippen molar-refractivity contribution in [1.82, 2.24) is 0 Å². The summed E-state index contributed by atoms with van der Waals surface area (Å²) in [4.78, 5) is 11.3. The third-order valence-corrected chi connectivity index (χ3v) is 1.98. The molecule has 0 amide bonds. The van der Waals surface area contributed by atoms with Crippen molar-refractivity contribution < 1.29 is 14.3 Å². The highest BCUT2D eigenvalue weighted by Crippen LogP contribution is 2.28. The zero-order valence-corrected chi connectivity index (χ0v) is 7.00. The van der Waals surface area contributed by atoms with E-state index in [2.05, 4.69) is 0 Å². The van der Waals surface area contributed by atoms with Crippen LogP contribution >= 0.6 is 0 Å². The zero-order chi connectivity index (χ0) is 9.03. The molecule has 12 heavy (non-hydrogen) atoms. The maximum absolute atomic E-state index is 11.3. The standard InChI is InChI=1S/C8H11NO3/c1-8(2-4-11-6-8)7(10)12-5-3-9/h2,4-6H2,1H3. The van der Waals surface area contributed by atoms with Crippen LogP contribution in [0.5, 0.6) is 0 Å². The Hall–Kier alpha value is -1.08.